The predicted molar refractivity (Wildman–Crippen MR) is 82.8 cm³/mol. The van der Waals surface area contributed by atoms with Crippen molar-refractivity contribution in [2.45, 2.75) is 51.1 Å². The number of fused-ring (bicyclic) bond motifs is 1. The van der Waals surface area contributed by atoms with Crippen molar-refractivity contribution in [2.24, 2.45) is 5.41 Å². The SMILES string of the molecule is CN1C(=O)CC[C@]2(C(=O)NCc3ccccn3)CCCC[C@@H]12. The summed E-state index contributed by atoms with van der Waals surface area (Å²) >= 11 is 0. The number of hydrogen-bond acceptors (Lipinski definition) is 3. The summed E-state index contributed by atoms with van der Waals surface area (Å²) in [5.41, 5.74) is 0.454. The van der Waals surface area contributed by atoms with Crippen molar-refractivity contribution in [2.75, 3.05) is 7.05 Å². The third kappa shape index (κ3) is 2.60. The first-order valence-corrected chi connectivity index (χ1v) is 8.07. The largest absolute Gasteiger partial charge is 0.350 e. The van der Waals surface area contributed by atoms with Gasteiger partial charge in [0.25, 0.3) is 0 Å². The number of amides is 2. The standard InChI is InChI=1S/C17H23N3O2/c1-20-14-7-2-4-9-17(14,10-8-15(20)21)16(22)19-12-13-6-3-5-11-18-13/h3,5-6,11,14H,2,4,7-10,12H2,1H3,(H,19,22)/t14-,17-/m1/s1. The fourth-order valence-electron chi connectivity index (χ4n) is 3.99. The highest BCUT2D eigenvalue weighted by atomic mass is 16.2. The average Bonchev–Trinajstić information content (AvgIpc) is 2.57. The minimum atomic E-state index is -0.407. The summed E-state index contributed by atoms with van der Waals surface area (Å²) in [6.07, 6.45) is 6.85. The molecule has 2 amide bonds. The number of pyridine rings is 1. The van der Waals surface area contributed by atoms with E-state index in [1.54, 1.807) is 6.20 Å². The van der Waals surface area contributed by atoms with Crippen LogP contribution < -0.4 is 5.32 Å². The van der Waals surface area contributed by atoms with E-state index in [2.05, 4.69) is 10.3 Å². The highest BCUT2D eigenvalue weighted by Gasteiger charge is 2.52. The summed E-state index contributed by atoms with van der Waals surface area (Å²) in [6, 6.07) is 5.74. The van der Waals surface area contributed by atoms with Gasteiger partial charge in [0, 0.05) is 25.7 Å². The van der Waals surface area contributed by atoms with Crippen molar-refractivity contribution < 1.29 is 9.59 Å². The van der Waals surface area contributed by atoms with E-state index in [4.69, 9.17) is 0 Å². The molecule has 2 fully saturated rings. The van der Waals surface area contributed by atoms with Crippen LogP contribution in [-0.4, -0.2) is 34.8 Å². The molecule has 0 bridgehead atoms. The lowest BCUT2D eigenvalue weighted by atomic mass is 9.64. The van der Waals surface area contributed by atoms with Gasteiger partial charge in [0.05, 0.1) is 17.7 Å². The molecule has 2 heterocycles. The Morgan fingerprint density at radius 2 is 2.27 bits per heavy atom. The van der Waals surface area contributed by atoms with Crippen molar-refractivity contribution in [3.05, 3.63) is 30.1 Å². The van der Waals surface area contributed by atoms with Crippen LogP contribution in [0.4, 0.5) is 0 Å². The lowest BCUT2D eigenvalue weighted by molar-refractivity contribution is -0.153. The number of nitrogens with zero attached hydrogens (tertiary/aromatic N) is 2. The third-order valence-electron chi connectivity index (χ3n) is 5.24. The minimum Gasteiger partial charge on any atom is -0.350 e. The number of aromatic nitrogens is 1. The molecular weight excluding hydrogens is 278 g/mol. The van der Waals surface area contributed by atoms with E-state index in [1.165, 1.54) is 0 Å². The molecule has 2 aliphatic rings. The van der Waals surface area contributed by atoms with Crippen molar-refractivity contribution in [3.63, 3.8) is 0 Å². The van der Waals surface area contributed by atoms with Gasteiger partial charge in [-0.25, -0.2) is 0 Å². The molecule has 0 spiro atoms. The van der Waals surface area contributed by atoms with Gasteiger partial charge in [-0.2, -0.15) is 0 Å². The van der Waals surface area contributed by atoms with E-state index in [0.717, 1.165) is 31.4 Å². The molecule has 5 heteroatoms. The molecule has 1 saturated heterocycles. The van der Waals surface area contributed by atoms with Crippen molar-refractivity contribution in [1.82, 2.24) is 15.2 Å². The lowest BCUT2D eigenvalue weighted by Gasteiger charge is -2.50. The molecule has 0 aromatic carbocycles. The Morgan fingerprint density at radius 3 is 3.05 bits per heavy atom. The molecule has 0 radical (unpaired) electrons. The monoisotopic (exact) mass is 301 g/mol. The number of hydrogen-bond donors (Lipinski definition) is 1. The molecular formula is C17H23N3O2. The first-order valence-electron chi connectivity index (χ1n) is 8.07. The van der Waals surface area contributed by atoms with Crippen molar-refractivity contribution >= 4 is 11.8 Å². The Kier molecular flexibility index (Phi) is 4.14. The fourth-order valence-corrected chi connectivity index (χ4v) is 3.99. The quantitative estimate of drug-likeness (QED) is 0.927. The van der Waals surface area contributed by atoms with Gasteiger partial charge < -0.3 is 10.2 Å². The molecule has 1 aliphatic carbocycles. The summed E-state index contributed by atoms with van der Waals surface area (Å²) in [7, 11) is 1.85. The number of carbonyl (C=O) groups is 2. The normalized spacial score (nSPS) is 28.1. The zero-order chi connectivity index (χ0) is 15.6. The molecule has 0 unspecified atom stereocenters. The molecule has 1 N–H and O–H groups in total. The van der Waals surface area contributed by atoms with Crippen LogP contribution in [0.25, 0.3) is 0 Å². The van der Waals surface area contributed by atoms with Crippen LogP contribution in [0.3, 0.4) is 0 Å². The van der Waals surface area contributed by atoms with Gasteiger partial charge in [-0.1, -0.05) is 18.9 Å². The van der Waals surface area contributed by atoms with E-state index in [0.29, 0.717) is 19.4 Å². The Morgan fingerprint density at radius 1 is 1.41 bits per heavy atom. The van der Waals surface area contributed by atoms with Crippen LogP contribution in [0.5, 0.6) is 0 Å². The fraction of sp³-hybridized carbons (Fsp3) is 0.588. The maximum Gasteiger partial charge on any atom is 0.228 e. The van der Waals surface area contributed by atoms with E-state index in [1.807, 2.05) is 30.1 Å². The number of piperidine rings is 1. The highest BCUT2D eigenvalue weighted by Crippen LogP contribution is 2.46. The van der Waals surface area contributed by atoms with Crippen LogP contribution in [-0.2, 0) is 16.1 Å². The van der Waals surface area contributed by atoms with Crippen LogP contribution in [0.2, 0.25) is 0 Å². The summed E-state index contributed by atoms with van der Waals surface area (Å²) in [5.74, 6) is 0.252. The summed E-state index contributed by atoms with van der Waals surface area (Å²) < 4.78 is 0. The van der Waals surface area contributed by atoms with Gasteiger partial charge in [0.2, 0.25) is 11.8 Å². The smallest absolute Gasteiger partial charge is 0.228 e. The van der Waals surface area contributed by atoms with Crippen LogP contribution >= 0.6 is 0 Å². The maximum absolute atomic E-state index is 12.9. The van der Waals surface area contributed by atoms with Gasteiger partial charge in [0.15, 0.2) is 0 Å². The zero-order valence-corrected chi connectivity index (χ0v) is 13.0. The van der Waals surface area contributed by atoms with Gasteiger partial charge in [-0.05, 0) is 31.4 Å². The number of likely N-dealkylation sites (tertiary alicyclic amines) is 1. The van der Waals surface area contributed by atoms with Crippen LogP contribution in [0.15, 0.2) is 24.4 Å². The second-order valence-corrected chi connectivity index (χ2v) is 6.43. The Labute approximate surface area is 131 Å². The van der Waals surface area contributed by atoms with Gasteiger partial charge in [-0.15, -0.1) is 0 Å². The first kappa shape index (κ1) is 15.0. The summed E-state index contributed by atoms with van der Waals surface area (Å²) in [5, 5.41) is 3.05. The van der Waals surface area contributed by atoms with E-state index < -0.39 is 5.41 Å². The Balaban J connectivity index is 1.74. The van der Waals surface area contributed by atoms with Crippen LogP contribution in [0, 0.1) is 5.41 Å². The Bertz CT molecular complexity index is 560. The summed E-state index contributed by atoms with van der Waals surface area (Å²) in [6.45, 7) is 0.450. The molecule has 118 valence electrons. The van der Waals surface area contributed by atoms with E-state index in [9.17, 15) is 9.59 Å². The number of rotatable bonds is 3. The third-order valence-corrected chi connectivity index (χ3v) is 5.24. The molecule has 1 saturated carbocycles. The van der Waals surface area contributed by atoms with E-state index >= 15 is 0 Å². The molecule has 1 aliphatic heterocycles. The summed E-state index contributed by atoms with van der Waals surface area (Å²) in [4.78, 5) is 30.9. The molecule has 3 rings (SSSR count). The average molecular weight is 301 g/mol. The molecule has 2 atom stereocenters. The molecule has 22 heavy (non-hydrogen) atoms. The predicted octanol–water partition coefficient (Wildman–Crippen LogP) is 1.88. The maximum atomic E-state index is 12.9. The van der Waals surface area contributed by atoms with Gasteiger partial charge in [0.1, 0.15) is 0 Å². The Hall–Kier alpha value is -1.91. The first-order chi connectivity index (χ1) is 10.6. The highest BCUT2D eigenvalue weighted by molar-refractivity contribution is 5.87. The van der Waals surface area contributed by atoms with Gasteiger partial charge in [-0.3, -0.25) is 14.6 Å². The number of nitrogens with one attached hydrogen (secondary N) is 1. The van der Waals surface area contributed by atoms with E-state index in [-0.39, 0.29) is 17.9 Å². The second kappa shape index (κ2) is 6.07. The van der Waals surface area contributed by atoms with Crippen LogP contribution in [0.1, 0.15) is 44.2 Å². The number of carbonyl (C=O) groups excluding carboxylic acids is 2. The minimum absolute atomic E-state index is 0.0474. The zero-order valence-electron chi connectivity index (χ0n) is 13.0. The molecule has 5 nitrogen and oxygen atoms in total. The van der Waals surface area contributed by atoms with Crippen molar-refractivity contribution in [1.29, 1.82) is 0 Å². The van der Waals surface area contributed by atoms with Gasteiger partial charge >= 0.3 is 0 Å². The molecule has 1 aromatic heterocycles. The second-order valence-electron chi connectivity index (χ2n) is 6.43. The molecule has 1 aromatic rings. The lowest BCUT2D eigenvalue weighted by Crippen LogP contribution is -2.60. The van der Waals surface area contributed by atoms with Crippen molar-refractivity contribution in [3.8, 4) is 0 Å². The topological polar surface area (TPSA) is 62.3 Å².